The van der Waals surface area contributed by atoms with Crippen molar-refractivity contribution < 1.29 is 0 Å². The summed E-state index contributed by atoms with van der Waals surface area (Å²) in [6.07, 6.45) is 7.47. The SMILES string of the molecule is C[C@@H](c1nnnn1CCc1c[nH]c2ccccc12)N1CCN(C/C=C/c2ccccc2)CC1. The Hall–Kier alpha value is -3.29. The first-order valence-corrected chi connectivity index (χ1v) is 11.8. The van der Waals surface area contributed by atoms with Gasteiger partial charge < -0.3 is 4.98 Å². The molecule has 0 radical (unpaired) electrons. The van der Waals surface area contributed by atoms with Crippen LogP contribution in [0.4, 0.5) is 0 Å². The molecule has 2 aromatic heterocycles. The standard InChI is InChI=1S/C26H31N7/c1-21(32-18-16-31(17-19-32)14-7-10-22-8-3-2-4-9-22)26-28-29-30-33(26)15-13-23-20-27-25-12-6-5-11-24(23)25/h2-12,20-21,27H,13-19H2,1H3/b10-7+/t21-/m0/s1. The van der Waals surface area contributed by atoms with Gasteiger partial charge in [-0.1, -0.05) is 60.7 Å². The van der Waals surface area contributed by atoms with Crippen LogP contribution in [0.25, 0.3) is 17.0 Å². The molecule has 1 fully saturated rings. The fraction of sp³-hybridized carbons (Fsp3) is 0.346. The number of nitrogens with zero attached hydrogens (tertiary/aromatic N) is 6. The highest BCUT2D eigenvalue weighted by Crippen LogP contribution is 2.21. The molecule has 2 aromatic carbocycles. The van der Waals surface area contributed by atoms with Crippen LogP contribution < -0.4 is 0 Å². The molecular weight excluding hydrogens is 410 g/mol. The Morgan fingerprint density at radius 3 is 2.64 bits per heavy atom. The van der Waals surface area contributed by atoms with Crippen LogP contribution in [-0.2, 0) is 13.0 Å². The Bertz CT molecular complexity index is 1190. The average molecular weight is 442 g/mol. The molecule has 0 unspecified atom stereocenters. The van der Waals surface area contributed by atoms with Crippen molar-refractivity contribution in [2.75, 3.05) is 32.7 Å². The van der Waals surface area contributed by atoms with Crippen molar-refractivity contribution in [3.63, 3.8) is 0 Å². The van der Waals surface area contributed by atoms with Crippen molar-refractivity contribution in [2.24, 2.45) is 0 Å². The highest BCUT2D eigenvalue weighted by molar-refractivity contribution is 5.82. The second kappa shape index (κ2) is 10.1. The van der Waals surface area contributed by atoms with E-state index in [1.807, 2.05) is 4.68 Å². The van der Waals surface area contributed by atoms with E-state index in [9.17, 15) is 0 Å². The predicted molar refractivity (Wildman–Crippen MR) is 132 cm³/mol. The minimum atomic E-state index is 0.199. The van der Waals surface area contributed by atoms with E-state index in [0.717, 1.165) is 51.5 Å². The van der Waals surface area contributed by atoms with Gasteiger partial charge in [0.15, 0.2) is 5.82 Å². The Labute approximate surface area is 194 Å². The van der Waals surface area contributed by atoms with Gasteiger partial charge in [-0.25, -0.2) is 4.68 Å². The van der Waals surface area contributed by atoms with E-state index < -0.39 is 0 Å². The monoisotopic (exact) mass is 441 g/mol. The molecule has 0 saturated carbocycles. The molecule has 33 heavy (non-hydrogen) atoms. The summed E-state index contributed by atoms with van der Waals surface area (Å²) < 4.78 is 1.97. The summed E-state index contributed by atoms with van der Waals surface area (Å²) in [6.45, 7) is 8.14. The van der Waals surface area contributed by atoms with E-state index in [0.29, 0.717) is 0 Å². The molecule has 7 heteroatoms. The molecule has 0 spiro atoms. The van der Waals surface area contributed by atoms with Crippen molar-refractivity contribution in [1.82, 2.24) is 35.0 Å². The van der Waals surface area contributed by atoms with Gasteiger partial charge in [0.05, 0.1) is 6.04 Å². The van der Waals surface area contributed by atoms with Crippen molar-refractivity contribution >= 4 is 17.0 Å². The van der Waals surface area contributed by atoms with E-state index in [-0.39, 0.29) is 6.04 Å². The lowest BCUT2D eigenvalue weighted by Crippen LogP contribution is -2.47. The fourth-order valence-electron chi connectivity index (χ4n) is 4.63. The van der Waals surface area contributed by atoms with Gasteiger partial charge in [-0.2, -0.15) is 0 Å². The summed E-state index contributed by atoms with van der Waals surface area (Å²) in [5.74, 6) is 0.951. The highest BCUT2D eigenvalue weighted by Gasteiger charge is 2.25. The largest absolute Gasteiger partial charge is 0.361 e. The van der Waals surface area contributed by atoms with Gasteiger partial charge in [0.1, 0.15) is 0 Å². The molecule has 4 aromatic rings. The van der Waals surface area contributed by atoms with Gasteiger partial charge in [0.25, 0.3) is 0 Å². The molecule has 3 heterocycles. The molecule has 0 aliphatic carbocycles. The number of para-hydroxylation sites is 1. The number of H-pyrrole nitrogens is 1. The van der Waals surface area contributed by atoms with Crippen LogP contribution in [-0.4, -0.2) is 67.7 Å². The number of hydrogen-bond acceptors (Lipinski definition) is 5. The number of benzene rings is 2. The summed E-state index contributed by atoms with van der Waals surface area (Å²) in [5, 5.41) is 13.9. The van der Waals surface area contributed by atoms with E-state index in [1.165, 1.54) is 22.0 Å². The summed E-state index contributed by atoms with van der Waals surface area (Å²) >= 11 is 0. The lowest BCUT2D eigenvalue weighted by molar-refractivity contribution is 0.104. The van der Waals surface area contributed by atoms with Gasteiger partial charge in [-0.3, -0.25) is 9.80 Å². The average Bonchev–Trinajstić information content (AvgIpc) is 3.50. The summed E-state index contributed by atoms with van der Waals surface area (Å²) in [5.41, 5.74) is 3.73. The summed E-state index contributed by atoms with van der Waals surface area (Å²) in [4.78, 5) is 8.35. The maximum absolute atomic E-state index is 4.38. The number of rotatable bonds is 8. The molecule has 1 aliphatic rings. The number of tetrazole rings is 1. The van der Waals surface area contributed by atoms with Crippen LogP contribution in [0.2, 0.25) is 0 Å². The maximum atomic E-state index is 4.38. The minimum Gasteiger partial charge on any atom is -0.361 e. The Morgan fingerprint density at radius 1 is 1.00 bits per heavy atom. The molecule has 1 N–H and O–H groups in total. The topological polar surface area (TPSA) is 65.9 Å². The highest BCUT2D eigenvalue weighted by atomic mass is 15.5. The summed E-state index contributed by atoms with van der Waals surface area (Å²) in [6, 6.07) is 19.1. The van der Waals surface area contributed by atoms with Crippen LogP contribution >= 0.6 is 0 Å². The van der Waals surface area contributed by atoms with Gasteiger partial charge in [-0.05, 0) is 41.0 Å². The van der Waals surface area contributed by atoms with E-state index in [4.69, 9.17) is 0 Å². The molecule has 0 amide bonds. The number of nitrogens with one attached hydrogen (secondary N) is 1. The first-order chi connectivity index (χ1) is 16.3. The smallest absolute Gasteiger partial charge is 0.168 e. The van der Waals surface area contributed by atoms with Crippen molar-refractivity contribution in [3.05, 3.63) is 83.8 Å². The van der Waals surface area contributed by atoms with Gasteiger partial charge in [-0.15, -0.1) is 5.10 Å². The van der Waals surface area contributed by atoms with Gasteiger partial charge in [0, 0.05) is 56.4 Å². The number of aromatic nitrogens is 5. The summed E-state index contributed by atoms with van der Waals surface area (Å²) in [7, 11) is 0. The minimum absolute atomic E-state index is 0.199. The van der Waals surface area contributed by atoms with E-state index in [1.54, 1.807) is 0 Å². The fourth-order valence-corrected chi connectivity index (χ4v) is 4.63. The normalized spacial score (nSPS) is 16.6. The van der Waals surface area contributed by atoms with Crippen LogP contribution in [0.1, 0.15) is 29.9 Å². The van der Waals surface area contributed by atoms with Crippen molar-refractivity contribution in [2.45, 2.75) is 25.9 Å². The van der Waals surface area contributed by atoms with Crippen LogP contribution in [0, 0.1) is 0 Å². The number of piperazine rings is 1. The molecule has 5 rings (SSSR count). The quantitative estimate of drug-likeness (QED) is 0.451. The third kappa shape index (κ3) is 5.05. The van der Waals surface area contributed by atoms with E-state index in [2.05, 4.69) is 110 Å². The van der Waals surface area contributed by atoms with Crippen LogP contribution in [0.5, 0.6) is 0 Å². The maximum Gasteiger partial charge on any atom is 0.168 e. The lowest BCUT2D eigenvalue weighted by Gasteiger charge is -2.37. The zero-order valence-electron chi connectivity index (χ0n) is 19.1. The molecule has 170 valence electrons. The number of hydrogen-bond donors (Lipinski definition) is 1. The number of fused-ring (bicyclic) bond motifs is 1. The van der Waals surface area contributed by atoms with Gasteiger partial charge >= 0.3 is 0 Å². The third-order valence-electron chi connectivity index (χ3n) is 6.63. The van der Waals surface area contributed by atoms with Crippen LogP contribution in [0.15, 0.2) is 66.9 Å². The zero-order valence-corrected chi connectivity index (χ0v) is 19.1. The first-order valence-electron chi connectivity index (χ1n) is 11.8. The Morgan fingerprint density at radius 2 is 1.79 bits per heavy atom. The van der Waals surface area contributed by atoms with Crippen molar-refractivity contribution in [1.29, 1.82) is 0 Å². The first kappa shape index (κ1) is 21.6. The zero-order chi connectivity index (χ0) is 22.5. The van der Waals surface area contributed by atoms with Crippen molar-refractivity contribution in [3.8, 4) is 0 Å². The lowest BCUT2D eigenvalue weighted by atomic mass is 10.1. The van der Waals surface area contributed by atoms with E-state index >= 15 is 0 Å². The third-order valence-corrected chi connectivity index (χ3v) is 6.63. The Kier molecular flexibility index (Phi) is 6.60. The molecule has 1 saturated heterocycles. The molecule has 1 atom stereocenters. The second-order valence-electron chi connectivity index (χ2n) is 8.70. The number of aryl methyl sites for hydroxylation is 2. The second-order valence-corrected chi connectivity index (χ2v) is 8.70. The molecular formula is C26H31N7. The van der Waals surface area contributed by atoms with Gasteiger partial charge in [0.2, 0.25) is 0 Å². The Balaban J connectivity index is 1.14. The molecule has 0 bridgehead atoms. The molecule has 1 aliphatic heterocycles. The number of aromatic amines is 1. The predicted octanol–water partition coefficient (Wildman–Crippen LogP) is 3.79. The molecule has 7 nitrogen and oxygen atoms in total. The van der Waals surface area contributed by atoms with Crippen LogP contribution in [0.3, 0.4) is 0 Å².